The molecule has 2 heterocycles. The topological polar surface area (TPSA) is 38.9 Å². The highest BCUT2D eigenvalue weighted by Crippen LogP contribution is 2.65. The van der Waals surface area contributed by atoms with Crippen LogP contribution >= 0.6 is 0 Å². The molecule has 0 saturated heterocycles. The van der Waals surface area contributed by atoms with Gasteiger partial charge in [0.25, 0.3) is 0 Å². The van der Waals surface area contributed by atoms with Crippen molar-refractivity contribution < 1.29 is 4.42 Å². The quantitative estimate of drug-likeness (QED) is 0.182. The molecule has 0 saturated carbocycles. The Morgan fingerprint density at radius 2 is 0.964 bits per heavy atom. The van der Waals surface area contributed by atoms with Crippen LogP contribution in [-0.4, -0.2) is 9.97 Å². The molecule has 2 aromatic heterocycles. The van der Waals surface area contributed by atoms with E-state index in [2.05, 4.69) is 188 Å². The van der Waals surface area contributed by atoms with Crippen LogP contribution in [0.3, 0.4) is 0 Å². The van der Waals surface area contributed by atoms with Crippen molar-refractivity contribution in [2.24, 2.45) is 0 Å². The van der Waals surface area contributed by atoms with Gasteiger partial charge in [0.2, 0.25) is 0 Å². The van der Waals surface area contributed by atoms with Crippen molar-refractivity contribution in [1.29, 1.82) is 0 Å². The minimum atomic E-state index is -0.462. The van der Waals surface area contributed by atoms with Gasteiger partial charge in [-0.05, 0) is 74.0 Å². The Labute approximate surface area is 324 Å². The third-order valence-electron chi connectivity index (χ3n) is 11.9. The summed E-state index contributed by atoms with van der Waals surface area (Å²) in [5, 5.41) is 3.56. The van der Waals surface area contributed by atoms with Crippen LogP contribution in [0.1, 0.15) is 22.3 Å². The molecule has 8 aromatic carbocycles. The van der Waals surface area contributed by atoms with Gasteiger partial charge in [0.1, 0.15) is 11.3 Å². The van der Waals surface area contributed by atoms with Crippen molar-refractivity contribution in [3.63, 3.8) is 0 Å². The Hall–Kier alpha value is -7.36. The molecule has 12 rings (SSSR count). The molecule has 0 radical (unpaired) electrons. The molecular formula is C53H32N2O. The van der Waals surface area contributed by atoms with E-state index in [-0.39, 0.29) is 0 Å². The molecule has 1 spiro atoms. The first kappa shape index (κ1) is 31.0. The summed E-state index contributed by atoms with van der Waals surface area (Å²) in [6, 6.07) is 69.3. The van der Waals surface area contributed by atoms with Crippen LogP contribution in [0.4, 0.5) is 0 Å². The standard InChI is InChI=1S/C53H32N2O/c1-2-13-35(14-3-1)47-32-48(39-27-24-33-12-4-5-15-37(33)30-39)55-52(54-47)36-25-22-34(23-26-36)38-28-29-46-43(31-38)51-50(42-18-8-11-21-49(42)56-51)53(46)44-19-9-6-16-40(44)41-17-7-10-20-45(41)53/h1-32H. The van der Waals surface area contributed by atoms with Crippen molar-refractivity contribution in [2.75, 3.05) is 0 Å². The van der Waals surface area contributed by atoms with Crippen molar-refractivity contribution in [3.8, 4) is 67.5 Å². The zero-order chi connectivity index (χ0) is 36.8. The molecule has 0 unspecified atom stereocenters. The average molecular weight is 713 g/mol. The summed E-state index contributed by atoms with van der Waals surface area (Å²) < 4.78 is 6.82. The number of hydrogen-bond acceptors (Lipinski definition) is 3. The Bertz CT molecular complexity index is 3150. The van der Waals surface area contributed by atoms with Crippen LogP contribution < -0.4 is 0 Å². The largest absolute Gasteiger partial charge is 0.456 e. The maximum absolute atomic E-state index is 6.82. The second-order valence-electron chi connectivity index (χ2n) is 14.9. The van der Waals surface area contributed by atoms with Gasteiger partial charge in [-0.1, -0.05) is 170 Å². The van der Waals surface area contributed by atoms with E-state index >= 15 is 0 Å². The first-order valence-corrected chi connectivity index (χ1v) is 19.1. The Kier molecular flexibility index (Phi) is 6.55. The van der Waals surface area contributed by atoms with Gasteiger partial charge in [-0.3, -0.25) is 0 Å². The molecule has 0 bridgehead atoms. The van der Waals surface area contributed by atoms with E-state index in [1.807, 2.05) is 6.07 Å². The van der Waals surface area contributed by atoms with Gasteiger partial charge >= 0.3 is 0 Å². The van der Waals surface area contributed by atoms with Crippen molar-refractivity contribution >= 4 is 21.7 Å². The van der Waals surface area contributed by atoms with Gasteiger partial charge in [-0.25, -0.2) is 9.97 Å². The molecular weight excluding hydrogens is 681 g/mol. The third-order valence-corrected chi connectivity index (χ3v) is 11.9. The maximum Gasteiger partial charge on any atom is 0.160 e. The van der Waals surface area contributed by atoms with Crippen LogP contribution in [0.5, 0.6) is 0 Å². The number of furan rings is 1. The number of hydrogen-bond donors (Lipinski definition) is 0. The maximum atomic E-state index is 6.82. The van der Waals surface area contributed by atoms with E-state index in [9.17, 15) is 0 Å². The van der Waals surface area contributed by atoms with Gasteiger partial charge in [0.05, 0.1) is 16.8 Å². The summed E-state index contributed by atoms with van der Waals surface area (Å²) in [6.45, 7) is 0. The number of aromatic nitrogens is 2. The molecule has 0 fully saturated rings. The molecule has 0 atom stereocenters. The highest BCUT2D eigenvalue weighted by atomic mass is 16.3. The second kappa shape index (κ2) is 11.8. The molecule has 2 aliphatic carbocycles. The van der Waals surface area contributed by atoms with Crippen LogP contribution in [-0.2, 0) is 5.41 Å². The molecule has 0 aliphatic heterocycles. The van der Waals surface area contributed by atoms with Crippen LogP contribution in [0, 0.1) is 0 Å². The van der Waals surface area contributed by atoms with E-state index in [1.54, 1.807) is 0 Å². The zero-order valence-corrected chi connectivity index (χ0v) is 30.3. The minimum Gasteiger partial charge on any atom is -0.456 e. The van der Waals surface area contributed by atoms with E-state index in [0.29, 0.717) is 5.82 Å². The molecule has 0 amide bonds. The summed E-state index contributed by atoms with van der Waals surface area (Å²) in [6.07, 6.45) is 0. The normalized spacial score (nSPS) is 13.1. The molecule has 3 heteroatoms. The lowest BCUT2D eigenvalue weighted by Gasteiger charge is -2.30. The number of fused-ring (bicyclic) bond motifs is 13. The number of benzene rings is 8. The molecule has 2 aliphatic rings. The highest BCUT2D eigenvalue weighted by molar-refractivity contribution is 6.02. The van der Waals surface area contributed by atoms with Crippen molar-refractivity contribution in [3.05, 3.63) is 216 Å². The van der Waals surface area contributed by atoms with Gasteiger partial charge in [0.15, 0.2) is 5.82 Å². The van der Waals surface area contributed by atoms with E-state index in [4.69, 9.17) is 14.4 Å². The minimum absolute atomic E-state index is 0.462. The Morgan fingerprint density at radius 3 is 1.75 bits per heavy atom. The molecule has 56 heavy (non-hydrogen) atoms. The Balaban J connectivity index is 0.990. The van der Waals surface area contributed by atoms with Gasteiger partial charge < -0.3 is 4.42 Å². The fraction of sp³-hybridized carbons (Fsp3) is 0.0189. The van der Waals surface area contributed by atoms with Crippen molar-refractivity contribution in [2.45, 2.75) is 5.41 Å². The zero-order valence-electron chi connectivity index (χ0n) is 30.3. The molecule has 0 N–H and O–H groups in total. The highest BCUT2D eigenvalue weighted by Gasteiger charge is 2.54. The first-order chi connectivity index (χ1) is 27.7. The van der Waals surface area contributed by atoms with Crippen LogP contribution in [0.2, 0.25) is 0 Å². The monoisotopic (exact) mass is 712 g/mol. The second-order valence-corrected chi connectivity index (χ2v) is 14.9. The van der Waals surface area contributed by atoms with Crippen molar-refractivity contribution in [1.82, 2.24) is 9.97 Å². The van der Waals surface area contributed by atoms with E-state index < -0.39 is 5.41 Å². The fourth-order valence-corrected chi connectivity index (χ4v) is 9.42. The van der Waals surface area contributed by atoms with E-state index in [1.165, 1.54) is 44.2 Å². The average Bonchev–Trinajstić information content (AvgIpc) is 3.90. The summed E-state index contributed by atoms with van der Waals surface area (Å²) >= 11 is 0. The SMILES string of the molecule is c1ccc(-c2cc(-c3ccc4ccccc4c3)nc(-c3ccc(-c4ccc5c(c4)-c4oc6ccccc6c4C54c5ccccc5-c5ccccc54)cc3)n2)cc1. The predicted molar refractivity (Wildman–Crippen MR) is 227 cm³/mol. The lowest BCUT2D eigenvalue weighted by molar-refractivity contribution is 0.628. The van der Waals surface area contributed by atoms with Gasteiger partial charge in [-0.15, -0.1) is 0 Å². The molecule has 10 aromatic rings. The van der Waals surface area contributed by atoms with Gasteiger partial charge in [-0.2, -0.15) is 0 Å². The molecule has 3 nitrogen and oxygen atoms in total. The summed E-state index contributed by atoms with van der Waals surface area (Å²) in [7, 11) is 0. The summed E-state index contributed by atoms with van der Waals surface area (Å²) in [5.41, 5.74) is 16.4. The number of rotatable bonds is 4. The number of nitrogens with zero attached hydrogens (tertiary/aromatic N) is 2. The van der Waals surface area contributed by atoms with Crippen LogP contribution in [0.15, 0.2) is 199 Å². The van der Waals surface area contributed by atoms with Gasteiger partial charge in [0, 0.05) is 33.2 Å². The lowest BCUT2D eigenvalue weighted by atomic mass is 9.70. The Morgan fingerprint density at radius 1 is 0.375 bits per heavy atom. The lowest BCUT2D eigenvalue weighted by Crippen LogP contribution is -2.25. The summed E-state index contributed by atoms with van der Waals surface area (Å²) in [5.74, 6) is 1.65. The van der Waals surface area contributed by atoms with E-state index in [0.717, 1.165) is 61.5 Å². The molecule has 260 valence electrons. The van der Waals surface area contributed by atoms with Crippen LogP contribution in [0.25, 0.3) is 89.2 Å². The predicted octanol–water partition coefficient (Wildman–Crippen LogP) is 13.4. The number of para-hydroxylation sites is 1. The fourth-order valence-electron chi connectivity index (χ4n) is 9.42. The smallest absolute Gasteiger partial charge is 0.160 e. The first-order valence-electron chi connectivity index (χ1n) is 19.1. The summed E-state index contributed by atoms with van der Waals surface area (Å²) in [4.78, 5) is 10.3. The third kappa shape index (κ3) is 4.40.